The first kappa shape index (κ1) is 13.9. The molecule has 0 fully saturated rings. The molecule has 1 N–H and O–H groups in total. The number of carbonyl (C=O) groups is 1. The molecule has 1 rings (SSSR count). The Morgan fingerprint density at radius 3 is 2.53 bits per heavy atom. The summed E-state index contributed by atoms with van der Waals surface area (Å²) in [6.07, 6.45) is -5.06. The maximum atomic E-state index is 12.5. The molecule has 0 atom stereocenters. The van der Waals surface area contributed by atoms with Crippen molar-refractivity contribution in [3.63, 3.8) is 0 Å². The van der Waals surface area contributed by atoms with E-state index in [1.54, 1.807) is 0 Å². The van der Waals surface area contributed by atoms with Crippen LogP contribution in [0.25, 0.3) is 0 Å². The highest BCUT2D eigenvalue weighted by atomic mass is 127. The summed E-state index contributed by atoms with van der Waals surface area (Å²) in [6, 6.07) is 0.959. The first-order valence-corrected chi connectivity index (χ1v) is 5.07. The van der Waals surface area contributed by atoms with E-state index in [2.05, 4.69) is 9.72 Å². The molecule has 0 saturated heterocycles. The van der Waals surface area contributed by atoms with Crippen LogP contribution < -0.4 is 4.74 Å². The van der Waals surface area contributed by atoms with Gasteiger partial charge in [0.25, 0.3) is 0 Å². The molecule has 0 saturated carbocycles. The average Bonchev–Trinajstić information content (AvgIpc) is 2.14. The third kappa shape index (κ3) is 3.68. The van der Waals surface area contributed by atoms with Gasteiger partial charge in [0.05, 0.1) is 5.56 Å². The first-order chi connectivity index (χ1) is 7.74. The molecule has 4 nitrogen and oxygen atoms in total. The molecule has 94 valence electrons. The minimum Gasteiger partial charge on any atom is -0.477 e. The number of aromatic carboxylic acids is 1. The summed E-state index contributed by atoms with van der Waals surface area (Å²) >= 11 is 1.51. The van der Waals surface area contributed by atoms with Crippen LogP contribution in [0.1, 0.15) is 16.1 Å². The molecule has 0 bridgehead atoms. The normalized spacial score (nSPS) is 11.4. The van der Waals surface area contributed by atoms with Gasteiger partial charge in [-0.2, -0.15) is 0 Å². The number of aromatic nitrogens is 1. The zero-order valence-corrected chi connectivity index (χ0v) is 10.0. The van der Waals surface area contributed by atoms with E-state index in [9.17, 15) is 22.4 Å². The summed E-state index contributed by atoms with van der Waals surface area (Å²) in [5.74, 6) is -2.61. The van der Waals surface area contributed by atoms with Gasteiger partial charge < -0.3 is 9.84 Å². The summed E-state index contributed by atoms with van der Waals surface area (Å²) in [7, 11) is 0. The van der Waals surface area contributed by atoms with Crippen molar-refractivity contribution in [2.45, 2.75) is 13.0 Å². The molecule has 0 radical (unpaired) electrons. The minimum absolute atomic E-state index is 0.00301. The number of nitrogens with zero attached hydrogens (tertiary/aromatic N) is 1. The maximum Gasteiger partial charge on any atom is 0.574 e. The lowest BCUT2D eigenvalue weighted by Crippen LogP contribution is -2.20. The zero-order valence-electron chi connectivity index (χ0n) is 7.89. The molecule has 0 unspecified atom stereocenters. The van der Waals surface area contributed by atoms with Gasteiger partial charge in [0.1, 0.15) is 6.67 Å². The maximum absolute atomic E-state index is 12.5. The van der Waals surface area contributed by atoms with Crippen LogP contribution in [0.4, 0.5) is 17.6 Å². The Balaban J connectivity index is 3.29. The molecule has 9 heteroatoms. The molecule has 1 aromatic rings. The summed E-state index contributed by atoms with van der Waals surface area (Å²) in [5.41, 5.74) is -1.08. The van der Waals surface area contributed by atoms with Gasteiger partial charge in [-0.05, 0) is 28.7 Å². The quantitative estimate of drug-likeness (QED) is 0.661. The summed E-state index contributed by atoms with van der Waals surface area (Å²) in [5, 5.41) is 8.60. The van der Waals surface area contributed by atoms with E-state index < -0.39 is 36.1 Å². The fourth-order valence-corrected chi connectivity index (χ4v) is 1.61. The third-order valence-corrected chi connectivity index (χ3v) is 2.56. The second kappa shape index (κ2) is 5.02. The van der Waals surface area contributed by atoms with Crippen LogP contribution in [0, 0.1) is 3.57 Å². The van der Waals surface area contributed by atoms with E-state index in [0.29, 0.717) is 0 Å². The Morgan fingerprint density at radius 1 is 1.53 bits per heavy atom. The van der Waals surface area contributed by atoms with Crippen LogP contribution in [0.15, 0.2) is 6.07 Å². The number of pyridine rings is 1. The van der Waals surface area contributed by atoms with E-state index in [0.717, 1.165) is 6.07 Å². The van der Waals surface area contributed by atoms with E-state index in [-0.39, 0.29) is 3.57 Å². The summed E-state index contributed by atoms with van der Waals surface area (Å²) in [4.78, 5) is 13.7. The van der Waals surface area contributed by atoms with Crippen molar-refractivity contribution in [1.29, 1.82) is 0 Å². The van der Waals surface area contributed by atoms with Gasteiger partial charge in [0.15, 0.2) is 5.69 Å². The Labute approximate surface area is 106 Å². The number of rotatable bonds is 3. The highest BCUT2D eigenvalue weighted by molar-refractivity contribution is 14.1. The molecule has 0 aliphatic heterocycles. The second-order valence-corrected chi connectivity index (χ2v) is 3.92. The van der Waals surface area contributed by atoms with Crippen LogP contribution in [0.3, 0.4) is 0 Å². The van der Waals surface area contributed by atoms with Gasteiger partial charge in [-0.1, -0.05) is 0 Å². The fraction of sp³-hybridized carbons (Fsp3) is 0.250. The van der Waals surface area contributed by atoms with Crippen molar-refractivity contribution in [2.24, 2.45) is 0 Å². The average molecular weight is 365 g/mol. The Morgan fingerprint density at radius 2 is 2.12 bits per heavy atom. The number of carboxylic acid groups (broad SMARTS) is 1. The number of halogens is 5. The molecule has 1 heterocycles. The largest absolute Gasteiger partial charge is 0.574 e. The van der Waals surface area contributed by atoms with E-state index in [1.165, 1.54) is 22.6 Å². The van der Waals surface area contributed by atoms with Gasteiger partial charge in [0, 0.05) is 3.57 Å². The summed E-state index contributed by atoms with van der Waals surface area (Å²) < 4.78 is 52.0. The van der Waals surface area contributed by atoms with Crippen molar-refractivity contribution in [3.05, 3.63) is 20.9 Å². The van der Waals surface area contributed by atoms with Gasteiger partial charge >= 0.3 is 12.3 Å². The molecule has 0 amide bonds. The van der Waals surface area contributed by atoms with Gasteiger partial charge in [-0.25, -0.2) is 14.2 Å². The highest BCUT2D eigenvalue weighted by Gasteiger charge is 2.34. The van der Waals surface area contributed by atoms with Crippen molar-refractivity contribution < 1.29 is 32.2 Å². The number of hydrogen-bond donors (Lipinski definition) is 1. The minimum atomic E-state index is -5.06. The number of alkyl halides is 4. The van der Waals surface area contributed by atoms with E-state index >= 15 is 0 Å². The molecule has 17 heavy (non-hydrogen) atoms. The van der Waals surface area contributed by atoms with Gasteiger partial charge in [0.2, 0.25) is 5.88 Å². The molecule has 0 spiro atoms. The van der Waals surface area contributed by atoms with E-state index in [4.69, 9.17) is 5.11 Å². The SMILES string of the molecule is O=C(O)c1cc(I)c(CF)c(OC(F)(F)F)n1. The molecule has 0 aromatic carbocycles. The lowest BCUT2D eigenvalue weighted by atomic mass is 10.2. The van der Waals surface area contributed by atoms with Crippen LogP contribution in [0.2, 0.25) is 0 Å². The van der Waals surface area contributed by atoms with Crippen LogP contribution in [0.5, 0.6) is 5.88 Å². The molecule has 1 aromatic heterocycles. The molecule has 0 aliphatic rings. The van der Waals surface area contributed by atoms with Crippen LogP contribution in [-0.2, 0) is 6.67 Å². The Hall–Kier alpha value is -1.13. The molecule has 0 aliphatic carbocycles. The van der Waals surface area contributed by atoms with E-state index in [1.807, 2.05) is 0 Å². The number of ether oxygens (including phenoxy) is 1. The third-order valence-electron chi connectivity index (χ3n) is 1.60. The van der Waals surface area contributed by atoms with Gasteiger partial charge in [-0.3, -0.25) is 0 Å². The standard InChI is InChI=1S/C8H4F4INO3/c9-2-3-4(13)1-5(7(15)16)14-6(3)17-8(10,11)12/h1H,2H2,(H,15,16). The lowest BCUT2D eigenvalue weighted by Gasteiger charge is -2.12. The molecular weight excluding hydrogens is 361 g/mol. The van der Waals surface area contributed by atoms with Crippen molar-refractivity contribution >= 4 is 28.6 Å². The molecular formula is C8H4F4INO3. The summed E-state index contributed by atoms with van der Waals surface area (Å²) in [6.45, 7) is -1.24. The highest BCUT2D eigenvalue weighted by Crippen LogP contribution is 2.29. The number of carboxylic acids is 1. The van der Waals surface area contributed by atoms with Crippen molar-refractivity contribution in [3.8, 4) is 5.88 Å². The van der Waals surface area contributed by atoms with Crippen molar-refractivity contribution in [1.82, 2.24) is 4.98 Å². The Kier molecular flexibility index (Phi) is 4.11. The fourth-order valence-electron chi connectivity index (χ4n) is 0.943. The zero-order chi connectivity index (χ0) is 13.2. The first-order valence-electron chi connectivity index (χ1n) is 3.99. The predicted octanol–water partition coefficient (Wildman–Crippen LogP) is 2.75. The second-order valence-electron chi connectivity index (χ2n) is 2.76. The predicted molar refractivity (Wildman–Crippen MR) is 55.4 cm³/mol. The van der Waals surface area contributed by atoms with Crippen molar-refractivity contribution in [2.75, 3.05) is 0 Å². The lowest BCUT2D eigenvalue weighted by molar-refractivity contribution is -0.276. The number of hydrogen-bond acceptors (Lipinski definition) is 3. The van der Waals surface area contributed by atoms with Gasteiger partial charge in [-0.15, -0.1) is 13.2 Å². The monoisotopic (exact) mass is 365 g/mol. The van der Waals surface area contributed by atoms with Crippen LogP contribution in [-0.4, -0.2) is 22.4 Å². The Bertz CT molecular complexity index is 449. The smallest absolute Gasteiger partial charge is 0.477 e. The topological polar surface area (TPSA) is 59.4 Å². The van der Waals surface area contributed by atoms with Crippen LogP contribution >= 0.6 is 22.6 Å².